The van der Waals surface area contributed by atoms with Gasteiger partial charge in [0.15, 0.2) is 0 Å². The zero-order chi connectivity index (χ0) is 30.7. The van der Waals surface area contributed by atoms with Gasteiger partial charge in [-0.15, -0.1) is 0 Å². The van der Waals surface area contributed by atoms with Crippen molar-refractivity contribution in [2.75, 3.05) is 14.2 Å². The van der Waals surface area contributed by atoms with E-state index in [4.69, 9.17) is 9.47 Å². The highest BCUT2D eigenvalue weighted by atomic mass is 16.5. The fourth-order valence-electron chi connectivity index (χ4n) is 4.78. The maximum atomic E-state index is 13.3. The molecule has 0 amide bonds. The second-order valence-corrected chi connectivity index (χ2v) is 9.55. The molecule has 3 heterocycles. The van der Waals surface area contributed by atoms with Crippen LogP contribution in [0.4, 0.5) is 0 Å². The normalized spacial score (nSPS) is 11.0. The predicted octanol–water partition coefficient (Wildman–Crippen LogP) is 1.49. The molecule has 0 saturated heterocycles. The number of pyridine rings is 1. The lowest BCUT2D eigenvalue weighted by Gasteiger charge is -2.21. The van der Waals surface area contributed by atoms with E-state index in [-0.39, 0.29) is 18.8 Å². The van der Waals surface area contributed by atoms with Crippen LogP contribution in [-0.2, 0) is 13.1 Å². The summed E-state index contributed by atoms with van der Waals surface area (Å²) in [5, 5.41) is 22.8. The van der Waals surface area contributed by atoms with Gasteiger partial charge in [-0.2, -0.15) is 0 Å². The molecule has 0 aliphatic heterocycles. The summed E-state index contributed by atoms with van der Waals surface area (Å²) in [6, 6.07) is 18.1. The number of hydrogen-bond acceptors (Lipinski definition) is 9. The molecule has 0 bridgehead atoms. The van der Waals surface area contributed by atoms with Gasteiger partial charge in [-0.3, -0.25) is 33.7 Å². The van der Waals surface area contributed by atoms with Gasteiger partial charge in [0.2, 0.25) is 11.8 Å². The summed E-state index contributed by atoms with van der Waals surface area (Å²) >= 11 is 0. The minimum atomic E-state index is -1.49. The monoisotopic (exact) mass is 585 g/mol. The third-order valence-electron chi connectivity index (χ3n) is 6.97. The van der Waals surface area contributed by atoms with Crippen molar-refractivity contribution in [3.8, 4) is 23.3 Å². The molecule has 0 spiro atoms. The summed E-state index contributed by atoms with van der Waals surface area (Å²) in [6.45, 7) is -0.292. The van der Waals surface area contributed by atoms with E-state index in [2.05, 4.69) is 15.0 Å². The fraction of sp³-hybridized carbons (Fsp3) is 0.167. The molecule has 0 fully saturated rings. The Balaban J connectivity index is 1.71. The molecule has 43 heavy (non-hydrogen) atoms. The molecule has 3 aromatic heterocycles. The first kappa shape index (κ1) is 28.7. The molecule has 220 valence electrons. The molecule has 13 heteroatoms. The number of methoxy groups -OCH3 is 2. The average Bonchev–Trinajstić information content (AvgIpc) is 3.01. The lowest BCUT2D eigenvalue weighted by atomic mass is 9.90. The summed E-state index contributed by atoms with van der Waals surface area (Å²) < 4.78 is 12.2. The first-order valence-corrected chi connectivity index (χ1v) is 13.0. The lowest BCUT2D eigenvalue weighted by Crippen LogP contribution is -2.37. The fourth-order valence-corrected chi connectivity index (χ4v) is 4.78. The Morgan fingerprint density at radius 2 is 1.14 bits per heavy atom. The van der Waals surface area contributed by atoms with E-state index in [1.807, 2.05) is 0 Å². The Morgan fingerprint density at radius 3 is 1.51 bits per heavy atom. The second-order valence-electron chi connectivity index (χ2n) is 9.55. The van der Waals surface area contributed by atoms with Crippen molar-refractivity contribution >= 4 is 0 Å². The number of aromatic hydroxyl groups is 2. The van der Waals surface area contributed by atoms with Gasteiger partial charge in [0.1, 0.15) is 11.5 Å². The molecule has 0 aliphatic rings. The quantitative estimate of drug-likeness (QED) is 0.199. The van der Waals surface area contributed by atoms with Gasteiger partial charge in [0.05, 0.1) is 50.0 Å². The second kappa shape index (κ2) is 11.9. The first-order valence-electron chi connectivity index (χ1n) is 13.0. The van der Waals surface area contributed by atoms with Crippen LogP contribution >= 0.6 is 0 Å². The number of rotatable bonds is 9. The van der Waals surface area contributed by atoms with Crippen LogP contribution < -0.4 is 32.0 Å². The third-order valence-corrected chi connectivity index (χ3v) is 6.97. The molecule has 5 rings (SSSR count). The van der Waals surface area contributed by atoms with Crippen LogP contribution in [0, 0.1) is 0 Å². The summed E-state index contributed by atoms with van der Waals surface area (Å²) in [4.78, 5) is 61.0. The number of benzene rings is 2. The molecule has 0 aliphatic carbocycles. The van der Waals surface area contributed by atoms with Gasteiger partial charge >= 0.3 is 11.4 Å². The van der Waals surface area contributed by atoms with Gasteiger partial charge < -0.3 is 19.7 Å². The first-order chi connectivity index (χ1) is 20.7. The van der Waals surface area contributed by atoms with E-state index < -0.39 is 51.3 Å². The highest BCUT2D eigenvalue weighted by Crippen LogP contribution is 2.35. The van der Waals surface area contributed by atoms with Gasteiger partial charge in [-0.1, -0.05) is 30.3 Å². The van der Waals surface area contributed by atoms with Crippen LogP contribution in [0.5, 0.6) is 23.3 Å². The van der Waals surface area contributed by atoms with Crippen LogP contribution in [0.25, 0.3) is 0 Å². The molecule has 0 radical (unpaired) electrons. The third kappa shape index (κ3) is 5.68. The van der Waals surface area contributed by atoms with Gasteiger partial charge in [0, 0.05) is 6.20 Å². The van der Waals surface area contributed by atoms with Crippen LogP contribution in [0.1, 0.15) is 33.9 Å². The van der Waals surface area contributed by atoms with Crippen molar-refractivity contribution in [3.63, 3.8) is 0 Å². The predicted molar refractivity (Wildman–Crippen MR) is 155 cm³/mol. The summed E-state index contributed by atoms with van der Waals surface area (Å²) in [5.74, 6) is -1.81. The molecule has 0 saturated carbocycles. The van der Waals surface area contributed by atoms with Crippen LogP contribution in [0.15, 0.2) is 92.1 Å². The Bertz CT molecular complexity index is 1870. The minimum Gasteiger partial charge on any atom is -0.497 e. The van der Waals surface area contributed by atoms with Gasteiger partial charge in [-0.25, -0.2) is 9.59 Å². The summed E-state index contributed by atoms with van der Waals surface area (Å²) in [5.41, 5.74) is -3.38. The van der Waals surface area contributed by atoms with E-state index >= 15 is 0 Å². The smallest absolute Gasteiger partial charge is 0.331 e. The van der Waals surface area contributed by atoms with E-state index in [0.717, 1.165) is 9.13 Å². The number of aromatic amines is 2. The van der Waals surface area contributed by atoms with Crippen LogP contribution in [-0.4, -0.2) is 48.5 Å². The van der Waals surface area contributed by atoms with Gasteiger partial charge in [0.25, 0.3) is 11.1 Å². The Kier molecular flexibility index (Phi) is 7.96. The van der Waals surface area contributed by atoms with Gasteiger partial charge in [-0.05, 0) is 47.5 Å². The molecule has 13 nitrogen and oxygen atoms in total. The lowest BCUT2D eigenvalue weighted by molar-refractivity contribution is 0.389. The van der Waals surface area contributed by atoms with Crippen molar-refractivity contribution in [2.45, 2.75) is 19.0 Å². The number of ether oxygens (including phenoxy) is 2. The minimum absolute atomic E-state index is 0.0911. The van der Waals surface area contributed by atoms with E-state index in [1.54, 1.807) is 60.7 Å². The van der Waals surface area contributed by atoms with E-state index in [0.29, 0.717) is 22.6 Å². The number of aromatic nitrogens is 5. The largest absolute Gasteiger partial charge is 0.497 e. The number of hydrogen-bond donors (Lipinski definition) is 4. The number of nitrogens with zero attached hydrogens (tertiary/aromatic N) is 3. The molecule has 5 aromatic rings. The highest BCUT2D eigenvalue weighted by Gasteiger charge is 2.33. The van der Waals surface area contributed by atoms with Crippen molar-refractivity contribution in [2.24, 2.45) is 0 Å². The van der Waals surface area contributed by atoms with Crippen molar-refractivity contribution in [1.29, 1.82) is 0 Å². The molecule has 0 atom stereocenters. The maximum absolute atomic E-state index is 13.3. The zero-order valence-corrected chi connectivity index (χ0v) is 23.1. The topological polar surface area (TPSA) is 182 Å². The van der Waals surface area contributed by atoms with Crippen molar-refractivity contribution in [3.05, 3.63) is 143 Å². The number of H-pyrrole nitrogens is 2. The SMILES string of the molecule is COc1ccc(Cn2c(O)c(C(c3ccccn3)c3c(O)n(Cc4ccc(OC)cc4)c(=O)[nH]c3=O)c(=O)[nH]c2=O)cc1. The van der Waals surface area contributed by atoms with Crippen LogP contribution in [0.2, 0.25) is 0 Å². The molecular weight excluding hydrogens is 558 g/mol. The molecular formula is C30H27N5O8. The van der Waals surface area contributed by atoms with Crippen molar-refractivity contribution in [1.82, 2.24) is 24.1 Å². The standard InChI is InChI=1S/C30H27N5O8/c1-42-19-10-6-17(7-11-19)15-34-27(38)23(25(36)32-29(34)40)22(21-5-3-4-14-31-21)24-26(37)33-30(41)35(28(24)39)16-18-8-12-20(43-2)13-9-18/h3-14,22,38-39H,15-16H2,1-2H3,(H,32,36,40)(H,33,37,41). The Labute approximate surface area is 242 Å². The summed E-state index contributed by atoms with van der Waals surface area (Å²) in [7, 11) is 3.02. The Morgan fingerprint density at radius 1 is 0.698 bits per heavy atom. The molecule has 2 aromatic carbocycles. The van der Waals surface area contributed by atoms with Crippen molar-refractivity contribution < 1.29 is 19.7 Å². The molecule has 4 N–H and O–H groups in total. The number of nitrogens with one attached hydrogen (secondary N) is 2. The van der Waals surface area contributed by atoms with E-state index in [1.165, 1.54) is 26.5 Å². The maximum Gasteiger partial charge on any atom is 0.331 e. The summed E-state index contributed by atoms with van der Waals surface area (Å²) in [6.07, 6.45) is 1.40. The van der Waals surface area contributed by atoms with E-state index in [9.17, 15) is 29.4 Å². The Hall–Kier alpha value is -5.85. The molecule has 0 unspecified atom stereocenters. The average molecular weight is 586 g/mol. The zero-order valence-electron chi connectivity index (χ0n) is 23.1. The highest BCUT2D eigenvalue weighted by molar-refractivity contribution is 5.46. The van der Waals surface area contributed by atoms with Crippen LogP contribution in [0.3, 0.4) is 0 Å².